The molecule has 0 aliphatic carbocycles. The second-order valence-corrected chi connectivity index (χ2v) is 7.69. The minimum Gasteiger partial charge on any atom is -0.455 e. The number of rotatable bonds is 4. The summed E-state index contributed by atoms with van der Waals surface area (Å²) in [6.07, 6.45) is 5.63. The van der Waals surface area contributed by atoms with Crippen LogP contribution in [0, 0.1) is 0 Å². The highest BCUT2D eigenvalue weighted by Gasteiger charge is 2.20. The first-order valence-corrected chi connectivity index (χ1v) is 8.89. The fraction of sp³-hybridized carbons (Fsp3) is 0.556. The largest absolute Gasteiger partial charge is 0.455 e. The Bertz CT molecular complexity index is 767. The Morgan fingerprint density at radius 3 is 2.96 bits per heavy atom. The molecule has 2 aromatic heterocycles. The first-order chi connectivity index (χ1) is 12.3. The van der Waals surface area contributed by atoms with Crippen LogP contribution in [-0.4, -0.2) is 55.6 Å². The lowest BCUT2D eigenvalue weighted by atomic mass is 10.1. The molecule has 0 amide bonds. The van der Waals surface area contributed by atoms with Crippen molar-refractivity contribution in [1.29, 1.82) is 0 Å². The molecule has 140 valence electrons. The molecule has 0 radical (unpaired) electrons. The third-order valence-electron chi connectivity index (χ3n) is 4.08. The Morgan fingerprint density at radius 2 is 2.23 bits per heavy atom. The van der Waals surface area contributed by atoms with Crippen molar-refractivity contribution in [1.82, 2.24) is 24.9 Å². The normalized spacial score (nSPS) is 18.7. The van der Waals surface area contributed by atoms with E-state index in [0.717, 1.165) is 43.9 Å². The lowest BCUT2D eigenvalue weighted by Gasteiger charge is -2.29. The number of hydrogen-bond donors (Lipinski definition) is 1. The fourth-order valence-electron chi connectivity index (χ4n) is 2.96. The van der Waals surface area contributed by atoms with E-state index in [9.17, 15) is 4.79 Å². The molecule has 0 bridgehead atoms. The van der Waals surface area contributed by atoms with Gasteiger partial charge in [-0.1, -0.05) is 5.21 Å². The van der Waals surface area contributed by atoms with Crippen LogP contribution < -0.4 is 5.73 Å². The van der Waals surface area contributed by atoms with Gasteiger partial charge >= 0.3 is 5.97 Å². The van der Waals surface area contributed by atoms with Crippen LogP contribution in [0.1, 0.15) is 49.8 Å². The highest BCUT2D eigenvalue weighted by atomic mass is 16.6. The van der Waals surface area contributed by atoms with E-state index in [-0.39, 0.29) is 11.7 Å². The zero-order chi connectivity index (χ0) is 18.7. The summed E-state index contributed by atoms with van der Waals surface area (Å²) in [5.41, 5.74) is 7.30. The van der Waals surface area contributed by atoms with Crippen LogP contribution >= 0.6 is 0 Å². The number of carbonyl (C=O) groups is 1. The molecule has 2 N–H and O–H groups in total. The van der Waals surface area contributed by atoms with E-state index in [0.29, 0.717) is 0 Å². The first-order valence-electron chi connectivity index (χ1n) is 8.89. The third-order valence-corrected chi connectivity index (χ3v) is 4.08. The molecule has 3 rings (SSSR count). The molecule has 0 saturated carbocycles. The van der Waals surface area contributed by atoms with Crippen molar-refractivity contribution in [2.24, 2.45) is 5.73 Å². The van der Waals surface area contributed by atoms with Gasteiger partial charge in [-0.2, -0.15) is 0 Å². The van der Waals surface area contributed by atoms with Crippen LogP contribution in [0.25, 0.3) is 5.69 Å². The number of piperidine rings is 1. The highest BCUT2D eigenvalue weighted by molar-refractivity contribution is 5.88. The van der Waals surface area contributed by atoms with Gasteiger partial charge in [-0.05, 0) is 52.3 Å². The van der Waals surface area contributed by atoms with Gasteiger partial charge in [0.25, 0.3) is 0 Å². The average Bonchev–Trinajstić information content (AvgIpc) is 3.02. The second kappa shape index (κ2) is 7.51. The summed E-state index contributed by atoms with van der Waals surface area (Å²) in [7, 11) is 0. The van der Waals surface area contributed by atoms with Crippen LogP contribution in [0.15, 0.2) is 24.5 Å². The maximum absolute atomic E-state index is 12.2. The Labute approximate surface area is 153 Å². The number of pyridine rings is 1. The molecular formula is C18H26N6O2. The standard InChI is InChI=1S/C18H26N6O2/c1-18(2,3)26-17(25)16-9-15(6-7-20-16)24-12-14(21-22-24)11-23-8-4-5-13(19)10-23/h6-7,9,12-13H,4-5,8,10-11,19H2,1-3H3. The van der Waals surface area contributed by atoms with Crippen LogP contribution in [0.2, 0.25) is 0 Å². The third kappa shape index (κ3) is 4.86. The van der Waals surface area contributed by atoms with E-state index in [1.807, 2.05) is 27.0 Å². The monoisotopic (exact) mass is 358 g/mol. The molecule has 3 heterocycles. The highest BCUT2D eigenvalue weighted by Crippen LogP contribution is 2.15. The summed E-state index contributed by atoms with van der Waals surface area (Å²) >= 11 is 0. The predicted octanol–water partition coefficient (Wildman–Crippen LogP) is 1.54. The number of ether oxygens (including phenoxy) is 1. The van der Waals surface area contributed by atoms with Gasteiger partial charge in [0.15, 0.2) is 5.69 Å². The van der Waals surface area contributed by atoms with Gasteiger partial charge in [-0.25, -0.2) is 14.5 Å². The molecule has 1 atom stereocenters. The van der Waals surface area contributed by atoms with E-state index in [2.05, 4.69) is 20.2 Å². The molecule has 0 aromatic carbocycles. The van der Waals surface area contributed by atoms with Gasteiger partial charge < -0.3 is 10.5 Å². The number of likely N-dealkylation sites (tertiary alicyclic amines) is 1. The number of nitrogens with zero attached hydrogens (tertiary/aromatic N) is 5. The second-order valence-electron chi connectivity index (χ2n) is 7.69. The Hall–Kier alpha value is -2.32. The number of nitrogens with two attached hydrogens (primary N) is 1. The van der Waals surface area contributed by atoms with Crippen LogP contribution in [0.4, 0.5) is 0 Å². The molecule has 1 fully saturated rings. The van der Waals surface area contributed by atoms with Crippen molar-refractivity contribution < 1.29 is 9.53 Å². The van der Waals surface area contributed by atoms with E-state index in [4.69, 9.17) is 10.5 Å². The molecule has 2 aromatic rings. The van der Waals surface area contributed by atoms with Crippen LogP contribution in [0.3, 0.4) is 0 Å². The summed E-state index contributed by atoms with van der Waals surface area (Å²) < 4.78 is 7.01. The Morgan fingerprint density at radius 1 is 1.42 bits per heavy atom. The molecule has 26 heavy (non-hydrogen) atoms. The topological polar surface area (TPSA) is 99.2 Å². The lowest BCUT2D eigenvalue weighted by molar-refractivity contribution is 0.00628. The van der Waals surface area contributed by atoms with Crippen LogP contribution in [-0.2, 0) is 11.3 Å². The van der Waals surface area contributed by atoms with E-state index < -0.39 is 11.6 Å². The molecule has 1 unspecified atom stereocenters. The smallest absolute Gasteiger partial charge is 0.357 e. The SMILES string of the molecule is CC(C)(C)OC(=O)c1cc(-n2cc(CN3CCCC(N)C3)nn2)ccn1. The Kier molecular flexibility index (Phi) is 5.33. The molecule has 1 saturated heterocycles. The predicted molar refractivity (Wildman–Crippen MR) is 96.8 cm³/mol. The average molecular weight is 358 g/mol. The van der Waals surface area contributed by atoms with Gasteiger partial charge in [0, 0.05) is 25.3 Å². The van der Waals surface area contributed by atoms with Crippen molar-refractivity contribution in [2.75, 3.05) is 13.1 Å². The summed E-state index contributed by atoms with van der Waals surface area (Å²) in [6.45, 7) is 8.10. The maximum atomic E-state index is 12.2. The molecule has 0 spiro atoms. The van der Waals surface area contributed by atoms with Gasteiger partial charge in [-0.3, -0.25) is 4.90 Å². The zero-order valence-corrected chi connectivity index (χ0v) is 15.6. The molecule has 8 nitrogen and oxygen atoms in total. The zero-order valence-electron chi connectivity index (χ0n) is 15.6. The molecular weight excluding hydrogens is 332 g/mol. The van der Waals surface area contributed by atoms with E-state index in [1.165, 1.54) is 0 Å². The fourth-order valence-corrected chi connectivity index (χ4v) is 2.96. The van der Waals surface area contributed by atoms with Crippen molar-refractivity contribution in [3.05, 3.63) is 35.9 Å². The maximum Gasteiger partial charge on any atom is 0.357 e. The van der Waals surface area contributed by atoms with E-state index in [1.54, 1.807) is 23.0 Å². The van der Waals surface area contributed by atoms with E-state index >= 15 is 0 Å². The van der Waals surface area contributed by atoms with Gasteiger partial charge in [-0.15, -0.1) is 5.10 Å². The first kappa shape index (κ1) is 18.5. The van der Waals surface area contributed by atoms with Crippen molar-refractivity contribution in [3.8, 4) is 5.69 Å². The number of carbonyl (C=O) groups excluding carboxylic acids is 1. The van der Waals surface area contributed by atoms with Gasteiger partial charge in [0.1, 0.15) is 5.60 Å². The Balaban J connectivity index is 1.71. The lowest BCUT2D eigenvalue weighted by Crippen LogP contribution is -2.42. The van der Waals surface area contributed by atoms with Crippen LogP contribution in [0.5, 0.6) is 0 Å². The van der Waals surface area contributed by atoms with Crippen molar-refractivity contribution in [3.63, 3.8) is 0 Å². The van der Waals surface area contributed by atoms with Gasteiger partial charge in [0.2, 0.25) is 0 Å². The summed E-state index contributed by atoms with van der Waals surface area (Å²) in [5.74, 6) is -0.456. The minimum atomic E-state index is -0.565. The summed E-state index contributed by atoms with van der Waals surface area (Å²) in [4.78, 5) is 18.6. The quantitative estimate of drug-likeness (QED) is 0.828. The minimum absolute atomic E-state index is 0.232. The number of aromatic nitrogens is 4. The summed E-state index contributed by atoms with van der Waals surface area (Å²) in [6, 6.07) is 3.67. The molecule has 1 aliphatic rings. The molecule has 1 aliphatic heterocycles. The van der Waals surface area contributed by atoms with Crippen molar-refractivity contribution in [2.45, 2.75) is 51.8 Å². The number of esters is 1. The van der Waals surface area contributed by atoms with Gasteiger partial charge in [0.05, 0.1) is 17.6 Å². The molecule has 8 heteroatoms. The van der Waals surface area contributed by atoms with Crippen molar-refractivity contribution >= 4 is 5.97 Å². The summed E-state index contributed by atoms with van der Waals surface area (Å²) in [5, 5.41) is 8.41. The number of hydrogen-bond acceptors (Lipinski definition) is 7.